The number of aromatic nitrogens is 3. The number of nitrogens with one attached hydrogen (secondary N) is 2. The van der Waals surface area contributed by atoms with Crippen LogP contribution in [0.1, 0.15) is 40.9 Å². The molecular weight excluding hydrogens is 540 g/mol. The number of benzene rings is 3. The lowest BCUT2D eigenvalue weighted by Gasteiger charge is -2.16. The number of alkyl halides is 3. The number of H-pyrrole nitrogens is 1. The Morgan fingerprint density at radius 3 is 2.44 bits per heavy atom. The molecule has 0 spiro atoms. The number of carboxylic acid groups (broad SMARTS) is 1. The smallest absolute Gasteiger partial charge is 0.416 e. The average molecular weight is 565 g/mol. The Morgan fingerprint density at radius 2 is 1.76 bits per heavy atom. The minimum Gasteiger partial charge on any atom is -0.481 e. The van der Waals surface area contributed by atoms with Crippen LogP contribution in [0.15, 0.2) is 78.9 Å². The van der Waals surface area contributed by atoms with E-state index < -0.39 is 35.5 Å². The minimum atomic E-state index is -4.65. The molecule has 1 unspecified atom stereocenters. The first kappa shape index (κ1) is 27.6. The molecule has 0 saturated carbocycles. The molecule has 2 aromatic heterocycles. The molecule has 5 rings (SSSR count). The second kappa shape index (κ2) is 10.9. The molecule has 41 heavy (non-hydrogen) atoms. The number of para-hydroxylation sites is 1. The molecule has 11 heteroatoms. The first-order valence-electron chi connectivity index (χ1n) is 12.7. The highest BCUT2D eigenvalue weighted by Gasteiger charge is 2.32. The summed E-state index contributed by atoms with van der Waals surface area (Å²) < 4.78 is 56.7. The fourth-order valence-corrected chi connectivity index (χ4v) is 4.57. The number of hydrogen-bond acceptors (Lipinski definition) is 3. The van der Waals surface area contributed by atoms with Gasteiger partial charge in [-0.05, 0) is 61.0 Å². The Bertz CT molecular complexity index is 1710. The van der Waals surface area contributed by atoms with Gasteiger partial charge in [-0.3, -0.25) is 14.3 Å². The summed E-state index contributed by atoms with van der Waals surface area (Å²) >= 11 is 0. The van der Waals surface area contributed by atoms with Crippen LogP contribution < -0.4 is 5.32 Å². The van der Waals surface area contributed by atoms with E-state index in [1.165, 1.54) is 0 Å². The van der Waals surface area contributed by atoms with E-state index >= 15 is 0 Å². The van der Waals surface area contributed by atoms with Crippen LogP contribution >= 0.6 is 0 Å². The predicted molar refractivity (Wildman–Crippen MR) is 145 cm³/mol. The Kier molecular flexibility index (Phi) is 7.36. The SMILES string of the molecule is CC(c1ccc(C(=O)NCCC(=O)O)cc1)n1nc(-c2cc(C(F)(F)F)ccc2F)cc1-c1cc2ccccc2[nH]1. The van der Waals surface area contributed by atoms with E-state index in [2.05, 4.69) is 15.4 Å². The fourth-order valence-electron chi connectivity index (χ4n) is 4.57. The number of amides is 1. The van der Waals surface area contributed by atoms with Gasteiger partial charge in [0.25, 0.3) is 5.91 Å². The molecule has 0 fully saturated rings. The zero-order valence-corrected chi connectivity index (χ0v) is 21.7. The van der Waals surface area contributed by atoms with Crippen molar-refractivity contribution in [3.8, 4) is 22.6 Å². The minimum absolute atomic E-state index is 0.0116. The number of carboxylic acids is 1. The number of nitrogens with zero attached hydrogens (tertiary/aromatic N) is 2. The molecule has 2 heterocycles. The van der Waals surface area contributed by atoms with Crippen molar-refractivity contribution in [3.05, 3.63) is 101 Å². The second-order valence-electron chi connectivity index (χ2n) is 9.52. The third kappa shape index (κ3) is 5.84. The Morgan fingerprint density at radius 1 is 1.02 bits per heavy atom. The van der Waals surface area contributed by atoms with Crippen LogP contribution in [0, 0.1) is 5.82 Å². The highest BCUT2D eigenvalue weighted by atomic mass is 19.4. The third-order valence-electron chi connectivity index (χ3n) is 6.76. The van der Waals surface area contributed by atoms with E-state index in [1.54, 1.807) is 35.0 Å². The number of rotatable bonds is 8. The average Bonchev–Trinajstić information content (AvgIpc) is 3.57. The van der Waals surface area contributed by atoms with E-state index in [0.717, 1.165) is 28.6 Å². The lowest BCUT2D eigenvalue weighted by molar-refractivity contribution is -0.138. The Hall–Kier alpha value is -4.93. The summed E-state index contributed by atoms with van der Waals surface area (Å²) in [5, 5.41) is 16.8. The van der Waals surface area contributed by atoms with E-state index in [0.29, 0.717) is 23.0 Å². The van der Waals surface area contributed by atoms with Gasteiger partial charge in [0.1, 0.15) is 5.82 Å². The molecule has 3 N–H and O–H groups in total. The molecule has 0 aliphatic heterocycles. The van der Waals surface area contributed by atoms with E-state index in [9.17, 15) is 27.2 Å². The van der Waals surface area contributed by atoms with Gasteiger partial charge in [0, 0.05) is 28.6 Å². The van der Waals surface area contributed by atoms with E-state index in [-0.39, 0.29) is 24.2 Å². The summed E-state index contributed by atoms with van der Waals surface area (Å²) in [6.07, 6.45) is -4.86. The van der Waals surface area contributed by atoms with Crippen molar-refractivity contribution in [2.24, 2.45) is 0 Å². The molecule has 0 radical (unpaired) electrons. The van der Waals surface area contributed by atoms with Gasteiger partial charge in [0.2, 0.25) is 0 Å². The lowest BCUT2D eigenvalue weighted by atomic mass is 10.0. The number of carbonyl (C=O) groups excluding carboxylic acids is 1. The van der Waals surface area contributed by atoms with E-state index in [1.807, 2.05) is 37.3 Å². The van der Waals surface area contributed by atoms with Crippen LogP contribution in [-0.4, -0.2) is 38.3 Å². The molecular formula is C30H24F4N4O3. The summed E-state index contributed by atoms with van der Waals surface area (Å²) in [6, 6.07) is 19.3. The van der Waals surface area contributed by atoms with Gasteiger partial charge in [-0.15, -0.1) is 0 Å². The quantitative estimate of drug-likeness (QED) is 0.183. The monoisotopic (exact) mass is 564 g/mol. The van der Waals surface area contributed by atoms with Crippen LogP contribution in [0.4, 0.5) is 17.6 Å². The standard InChI is InChI=1S/C30H24F4N4O3/c1-17(18-6-8-19(9-7-18)29(41)35-13-12-28(39)40)38-27(26-14-20-4-2-3-5-24(20)36-26)16-25(37-38)22-15-21(30(32,33)34)10-11-23(22)31/h2-11,14-17,36H,12-13H2,1H3,(H,35,41)(H,39,40). The van der Waals surface area contributed by atoms with E-state index in [4.69, 9.17) is 5.11 Å². The summed E-state index contributed by atoms with van der Waals surface area (Å²) in [5.41, 5.74) is 1.82. The maximum Gasteiger partial charge on any atom is 0.416 e. The third-order valence-corrected chi connectivity index (χ3v) is 6.76. The highest BCUT2D eigenvalue weighted by molar-refractivity contribution is 5.94. The lowest BCUT2D eigenvalue weighted by Crippen LogP contribution is -2.26. The van der Waals surface area contributed by atoms with Crippen molar-refractivity contribution in [1.29, 1.82) is 0 Å². The normalized spacial score (nSPS) is 12.4. The number of aromatic amines is 1. The molecule has 5 aromatic rings. The van der Waals surface area contributed by atoms with Crippen molar-refractivity contribution < 1.29 is 32.3 Å². The first-order chi connectivity index (χ1) is 19.5. The maximum atomic E-state index is 14.8. The topological polar surface area (TPSA) is 100 Å². The van der Waals surface area contributed by atoms with Crippen molar-refractivity contribution >= 4 is 22.8 Å². The van der Waals surface area contributed by atoms with Crippen molar-refractivity contribution in [3.63, 3.8) is 0 Å². The number of aliphatic carboxylic acids is 1. The molecule has 3 aromatic carbocycles. The number of carbonyl (C=O) groups is 2. The largest absolute Gasteiger partial charge is 0.481 e. The predicted octanol–water partition coefficient (Wildman–Crippen LogP) is 6.67. The summed E-state index contributed by atoms with van der Waals surface area (Å²) in [6.45, 7) is 1.82. The van der Waals surface area contributed by atoms with Gasteiger partial charge in [-0.2, -0.15) is 18.3 Å². The van der Waals surface area contributed by atoms with Crippen LogP contribution in [0.3, 0.4) is 0 Å². The van der Waals surface area contributed by atoms with Gasteiger partial charge >= 0.3 is 12.1 Å². The van der Waals surface area contributed by atoms with Gasteiger partial charge in [0.15, 0.2) is 0 Å². The van der Waals surface area contributed by atoms with Gasteiger partial charge in [-0.1, -0.05) is 30.3 Å². The molecule has 0 aliphatic rings. The fraction of sp³-hybridized carbons (Fsp3) is 0.167. The second-order valence-corrected chi connectivity index (χ2v) is 9.52. The number of hydrogen-bond donors (Lipinski definition) is 3. The molecule has 1 amide bonds. The van der Waals surface area contributed by atoms with Gasteiger partial charge in [0.05, 0.1) is 35.1 Å². The Labute approximate surface area is 231 Å². The summed E-state index contributed by atoms with van der Waals surface area (Å²) in [4.78, 5) is 26.3. The van der Waals surface area contributed by atoms with Crippen LogP contribution in [-0.2, 0) is 11.0 Å². The summed E-state index contributed by atoms with van der Waals surface area (Å²) in [7, 11) is 0. The van der Waals surface area contributed by atoms with Crippen LogP contribution in [0.25, 0.3) is 33.5 Å². The van der Waals surface area contributed by atoms with Crippen molar-refractivity contribution in [2.45, 2.75) is 25.6 Å². The molecule has 7 nitrogen and oxygen atoms in total. The maximum absolute atomic E-state index is 14.8. The highest BCUT2D eigenvalue weighted by Crippen LogP contribution is 2.36. The summed E-state index contributed by atoms with van der Waals surface area (Å²) in [5.74, 6) is -2.29. The van der Waals surface area contributed by atoms with Crippen molar-refractivity contribution in [2.75, 3.05) is 6.54 Å². The molecule has 1 atom stereocenters. The molecule has 0 bridgehead atoms. The van der Waals surface area contributed by atoms with Gasteiger partial charge in [-0.25, -0.2) is 4.39 Å². The van der Waals surface area contributed by atoms with Crippen LogP contribution in [0.5, 0.6) is 0 Å². The zero-order valence-electron chi connectivity index (χ0n) is 21.7. The first-order valence-corrected chi connectivity index (χ1v) is 12.7. The van der Waals surface area contributed by atoms with Crippen LogP contribution in [0.2, 0.25) is 0 Å². The zero-order chi connectivity index (χ0) is 29.3. The molecule has 0 aliphatic carbocycles. The number of halogens is 4. The Balaban J connectivity index is 1.54. The molecule has 0 saturated heterocycles. The van der Waals surface area contributed by atoms with Crippen molar-refractivity contribution in [1.82, 2.24) is 20.1 Å². The van der Waals surface area contributed by atoms with Gasteiger partial charge < -0.3 is 15.4 Å². The molecule has 210 valence electrons. The number of fused-ring (bicyclic) bond motifs is 1.